The molecule has 2 N–H and O–H groups in total. The van der Waals surface area contributed by atoms with Gasteiger partial charge in [0.05, 0.1) is 12.1 Å². The van der Waals surface area contributed by atoms with Crippen LogP contribution in [0.25, 0.3) is 0 Å². The highest BCUT2D eigenvalue weighted by Gasteiger charge is 2.50. The van der Waals surface area contributed by atoms with Gasteiger partial charge in [0.2, 0.25) is 0 Å². The molecule has 2 aliphatic rings. The second-order valence-electron chi connectivity index (χ2n) is 8.03. The van der Waals surface area contributed by atoms with Gasteiger partial charge in [-0.3, -0.25) is 14.5 Å². The third-order valence-corrected chi connectivity index (χ3v) is 6.80. The molecule has 2 fully saturated rings. The van der Waals surface area contributed by atoms with Crippen LogP contribution in [0.2, 0.25) is 0 Å². The van der Waals surface area contributed by atoms with E-state index < -0.39 is 5.97 Å². The highest BCUT2D eigenvalue weighted by molar-refractivity contribution is 8.00. The maximum absolute atomic E-state index is 13.1. The van der Waals surface area contributed by atoms with Crippen LogP contribution in [0.1, 0.15) is 55.5 Å². The molecule has 28 heavy (non-hydrogen) atoms. The number of urea groups is 1. The zero-order chi connectivity index (χ0) is 20.3. The number of benzene rings is 1. The SMILES string of the molecule is CC(C)Cc1ccc(C(=O)N2C(=O)N[C@@H]3CS[C@H](CCCCC(=O)O)[C@@H]32)cc1. The third-order valence-electron chi connectivity index (χ3n) is 5.30. The predicted molar refractivity (Wildman–Crippen MR) is 110 cm³/mol. The molecule has 0 unspecified atom stereocenters. The van der Waals surface area contributed by atoms with Crippen LogP contribution in [0.15, 0.2) is 24.3 Å². The van der Waals surface area contributed by atoms with Gasteiger partial charge in [-0.2, -0.15) is 11.8 Å². The number of nitrogens with zero attached hydrogens (tertiary/aromatic N) is 1. The van der Waals surface area contributed by atoms with E-state index in [0.717, 1.165) is 25.0 Å². The van der Waals surface area contributed by atoms with E-state index in [1.54, 1.807) is 11.8 Å². The van der Waals surface area contributed by atoms with E-state index in [0.29, 0.717) is 17.9 Å². The Morgan fingerprint density at radius 1 is 1.25 bits per heavy atom. The average Bonchev–Trinajstić information content (AvgIpc) is 3.16. The third kappa shape index (κ3) is 4.69. The number of thioether (sulfide) groups is 1. The van der Waals surface area contributed by atoms with Gasteiger partial charge in [0.15, 0.2) is 0 Å². The molecule has 7 heteroatoms. The Balaban J connectivity index is 1.68. The molecule has 2 heterocycles. The van der Waals surface area contributed by atoms with Gasteiger partial charge < -0.3 is 10.4 Å². The quantitative estimate of drug-likeness (QED) is 0.511. The van der Waals surface area contributed by atoms with Gasteiger partial charge in [0.1, 0.15) is 0 Å². The number of hydrogen-bond donors (Lipinski definition) is 2. The smallest absolute Gasteiger partial charge is 0.325 e. The fraction of sp³-hybridized carbons (Fsp3) is 0.571. The fourth-order valence-electron chi connectivity index (χ4n) is 4.02. The molecule has 152 valence electrons. The largest absolute Gasteiger partial charge is 0.481 e. The topological polar surface area (TPSA) is 86.7 Å². The van der Waals surface area contributed by atoms with Crippen molar-refractivity contribution >= 4 is 29.7 Å². The Kier molecular flexibility index (Phi) is 6.65. The van der Waals surface area contributed by atoms with Crippen LogP contribution in [0.3, 0.4) is 0 Å². The molecule has 0 aromatic heterocycles. The molecule has 0 radical (unpaired) electrons. The van der Waals surface area contributed by atoms with E-state index in [4.69, 9.17) is 5.11 Å². The summed E-state index contributed by atoms with van der Waals surface area (Å²) in [5.74, 6) is 0.299. The van der Waals surface area contributed by atoms with Gasteiger partial charge in [0.25, 0.3) is 5.91 Å². The monoisotopic (exact) mass is 404 g/mol. The average molecular weight is 405 g/mol. The summed E-state index contributed by atoms with van der Waals surface area (Å²) < 4.78 is 0. The van der Waals surface area contributed by atoms with E-state index >= 15 is 0 Å². The van der Waals surface area contributed by atoms with Crippen LogP contribution >= 0.6 is 11.8 Å². The molecule has 1 aromatic carbocycles. The molecule has 0 aliphatic carbocycles. The van der Waals surface area contributed by atoms with Crippen LogP contribution in [0.4, 0.5) is 4.79 Å². The maximum atomic E-state index is 13.1. The summed E-state index contributed by atoms with van der Waals surface area (Å²) >= 11 is 1.76. The van der Waals surface area contributed by atoms with Crippen molar-refractivity contribution in [3.8, 4) is 0 Å². The Bertz CT molecular complexity index is 734. The standard InChI is InChI=1S/C21H28N2O4S/c1-13(2)11-14-7-9-15(10-8-14)20(26)23-19-16(22-21(23)27)12-28-17(19)5-3-4-6-18(24)25/h7-10,13,16-17,19H,3-6,11-12H2,1-2H3,(H,22,27)(H,24,25)/t16-,17-,19-/m1/s1. The van der Waals surface area contributed by atoms with Crippen LogP contribution in [-0.2, 0) is 11.2 Å². The lowest BCUT2D eigenvalue weighted by atomic mass is 9.99. The van der Waals surface area contributed by atoms with Crippen molar-refractivity contribution in [3.63, 3.8) is 0 Å². The first-order valence-corrected chi connectivity index (χ1v) is 11.0. The number of hydrogen-bond acceptors (Lipinski definition) is 4. The number of fused-ring (bicyclic) bond motifs is 1. The second-order valence-corrected chi connectivity index (χ2v) is 9.30. The number of rotatable bonds is 8. The lowest BCUT2D eigenvalue weighted by Crippen LogP contribution is -2.44. The van der Waals surface area contributed by atoms with Crippen LogP contribution < -0.4 is 5.32 Å². The first-order chi connectivity index (χ1) is 13.4. The molecule has 0 saturated carbocycles. The summed E-state index contributed by atoms with van der Waals surface area (Å²) in [6.07, 6.45) is 3.33. The van der Waals surface area contributed by atoms with Gasteiger partial charge in [-0.25, -0.2) is 4.79 Å². The Hall–Kier alpha value is -2.02. The normalized spacial score (nSPS) is 23.8. The zero-order valence-electron chi connectivity index (χ0n) is 16.4. The Morgan fingerprint density at radius 3 is 2.61 bits per heavy atom. The molecule has 3 amide bonds. The van der Waals surface area contributed by atoms with E-state index in [9.17, 15) is 14.4 Å². The van der Waals surface area contributed by atoms with Crippen molar-refractivity contribution in [3.05, 3.63) is 35.4 Å². The molecule has 1 aromatic rings. The molecule has 3 atom stereocenters. The number of carboxylic acid groups (broad SMARTS) is 1. The van der Waals surface area contributed by atoms with Crippen molar-refractivity contribution in [1.82, 2.24) is 10.2 Å². The van der Waals surface area contributed by atoms with E-state index in [1.807, 2.05) is 24.3 Å². The van der Waals surface area contributed by atoms with Crippen molar-refractivity contribution in [2.75, 3.05) is 5.75 Å². The lowest BCUT2D eigenvalue weighted by Gasteiger charge is -2.26. The molecule has 2 aliphatic heterocycles. The molecule has 6 nitrogen and oxygen atoms in total. The van der Waals surface area contributed by atoms with Crippen molar-refractivity contribution in [1.29, 1.82) is 0 Å². The van der Waals surface area contributed by atoms with Crippen molar-refractivity contribution in [2.45, 2.75) is 63.3 Å². The molecule has 2 saturated heterocycles. The number of aliphatic carboxylic acids is 1. The van der Waals surface area contributed by atoms with Gasteiger partial charge in [-0.05, 0) is 42.9 Å². The molecule has 0 bridgehead atoms. The maximum Gasteiger partial charge on any atom is 0.325 e. The minimum atomic E-state index is -0.785. The Labute approximate surface area is 170 Å². The zero-order valence-corrected chi connectivity index (χ0v) is 17.2. The van der Waals surface area contributed by atoms with Crippen LogP contribution in [-0.4, -0.2) is 51.0 Å². The van der Waals surface area contributed by atoms with Crippen molar-refractivity contribution in [2.24, 2.45) is 5.92 Å². The summed E-state index contributed by atoms with van der Waals surface area (Å²) in [4.78, 5) is 37.6. The van der Waals surface area contributed by atoms with Crippen LogP contribution in [0, 0.1) is 5.92 Å². The van der Waals surface area contributed by atoms with E-state index in [2.05, 4.69) is 19.2 Å². The molecular weight excluding hydrogens is 376 g/mol. The second kappa shape index (κ2) is 8.99. The molecule has 0 spiro atoms. The van der Waals surface area contributed by atoms with Crippen LogP contribution in [0.5, 0.6) is 0 Å². The fourth-order valence-corrected chi connectivity index (χ4v) is 5.59. The van der Waals surface area contributed by atoms with E-state index in [1.165, 1.54) is 10.5 Å². The summed E-state index contributed by atoms with van der Waals surface area (Å²) in [5, 5.41) is 11.9. The number of carbonyl (C=O) groups is 3. The highest BCUT2D eigenvalue weighted by atomic mass is 32.2. The summed E-state index contributed by atoms with van der Waals surface area (Å²) in [6, 6.07) is 7.05. The minimum Gasteiger partial charge on any atom is -0.481 e. The summed E-state index contributed by atoms with van der Waals surface area (Å²) in [5.41, 5.74) is 1.72. The lowest BCUT2D eigenvalue weighted by molar-refractivity contribution is -0.137. The van der Waals surface area contributed by atoms with E-state index in [-0.39, 0.29) is 35.7 Å². The molecule has 3 rings (SSSR count). The highest BCUT2D eigenvalue weighted by Crippen LogP contribution is 2.38. The number of unbranched alkanes of at least 4 members (excludes halogenated alkanes) is 1. The molecular formula is C21H28N2O4S. The predicted octanol–water partition coefficient (Wildman–Crippen LogP) is 3.55. The van der Waals surface area contributed by atoms with Crippen molar-refractivity contribution < 1.29 is 19.5 Å². The summed E-state index contributed by atoms with van der Waals surface area (Å²) in [7, 11) is 0. The number of nitrogens with one attached hydrogen (secondary N) is 1. The number of imide groups is 1. The Morgan fingerprint density at radius 2 is 1.96 bits per heavy atom. The van der Waals surface area contributed by atoms with Gasteiger partial charge in [-0.15, -0.1) is 0 Å². The first-order valence-electron chi connectivity index (χ1n) is 9.93. The van der Waals surface area contributed by atoms with Gasteiger partial charge in [0, 0.05) is 23.0 Å². The number of amides is 3. The first kappa shape index (κ1) is 20.7. The number of carbonyl (C=O) groups excluding carboxylic acids is 2. The summed E-state index contributed by atoms with van der Waals surface area (Å²) in [6.45, 7) is 4.31. The minimum absolute atomic E-state index is 0.0221. The van der Waals surface area contributed by atoms with Gasteiger partial charge in [-0.1, -0.05) is 32.4 Å². The number of carboxylic acids is 1. The van der Waals surface area contributed by atoms with Gasteiger partial charge >= 0.3 is 12.0 Å².